The van der Waals surface area contributed by atoms with Crippen LogP contribution in [0.15, 0.2) is 54.6 Å². The minimum absolute atomic E-state index is 0.150. The molecule has 1 atom stereocenters. The van der Waals surface area contributed by atoms with E-state index in [1.807, 2.05) is 61.5 Å². The van der Waals surface area contributed by atoms with Crippen LogP contribution < -0.4 is 4.74 Å². The molecule has 0 heterocycles. The van der Waals surface area contributed by atoms with Crippen molar-refractivity contribution < 1.29 is 19.1 Å². The summed E-state index contributed by atoms with van der Waals surface area (Å²) in [6.45, 7) is 4.20. The molecule has 0 N–H and O–H groups in total. The fourth-order valence-electron chi connectivity index (χ4n) is 2.67. The van der Waals surface area contributed by atoms with Gasteiger partial charge in [0.1, 0.15) is 24.1 Å². The van der Waals surface area contributed by atoms with E-state index in [0.29, 0.717) is 13.0 Å². The molecule has 138 valence electrons. The van der Waals surface area contributed by atoms with Crippen molar-refractivity contribution in [1.82, 2.24) is 0 Å². The van der Waals surface area contributed by atoms with Gasteiger partial charge in [-0.3, -0.25) is 9.59 Å². The predicted molar refractivity (Wildman–Crippen MR) is 101 cm³/mol. The Balaban J connectivity index is 1.72. The van der Waals surface area contributed by atoms with Gasteiger partial charge in [-0.25, -0.2) is 0 Å². The van der Waals surface area contributed by atoms with Gasteiger partial charge in [0.25, 0.3) is 0 Å². The molecule has 0 spiro atoms. The van der Waals surface area contributed by atoms with Gasteiger partial charge in [0.15, 0.2) is 0 Å². The number of carbonyl (C=O) groups excluding carboxylic acids is 2. The molecule has 2 rings (SSSR count). The Morgan fingerprint density at radius 3 is 2.35 bits per heavy atom. The van der Waals surface area contributed by atoms with Crippen molar-refractivity contribution in [3.63, 3.8) is 0 Å². The van der Waals surface area contributed by atoms with Crippen molar-refractivity contribution in [2.75, 3.05) is 6.61 Å². The summed E-state index contributed by atoms with van der Waals surface area (Å²) in [4.78, 5) is 24.0. The number of carbonyl (C=O) groups is 2. The third-order valence-electron chi connectivity index (χ3n) is 4.24. The van der Waals surface area contributed by atoms with E-state index in [0.717, 1.165) is 29.7 Å². The molecule has 2 aromatic rings. The molecular formula is C22H26O4. The van der Waals surface area contributed by atoms with Crippen molar-refractivity contribution in [2.24, 2.45) is 5.92 Å². The molecule has 26 heavy (non-hydrogen) atoms. The maximum atomic E-state index is 12.2. The highest BCUT2D eigenvalue weighted by molar-refractivity contribution is 5.97. The predicted octanol–water partition coefficient (Wildman–Crippen LogP) is 4.49. The Morgan fingerprint density at radius 2 is 1.65 bits per heavy atom. The Hall–Kier alpha value is -2.62. The van der Waals surface area contributed by atoms with Gasteiger partial charge in [0.2, 0.25) is 0 Å². The van der Waals surface area contributed by atoms with Crippen molar-refractivity contribution in [3.8, 4) is 5.75 Å². The van der Waals surface area contributed by atoms with Gasteiger partial charge in [0.05, 0.1) is 6.61 Å². The van der Waals surface area contributed by atoms with Crippen LogP contribution in [0.25, 0.3) is 0 Å². The van der Waals surface area contributed by atoms with E-state index in [-0.39, 0.29) is 12.4 Å². The second kappa shape index (κ2) is 10.4. The van der Waals surface area contributed by atoms with Crippen LogP contribution in [0.3, 0.4) is 0 Å². The Morgan fingerprint density at radius 1 is 0.962 bits per heavy atom. The lowest BCUT2D eigenvalue weighted by Crippen LogP contribution is -2.24. The number of hydrogen-bond acceptors (Lipinski definition) is 4. The van der Waals surface area contributed by atoms with Gasteiger partial charge >= 0.3 is 5.97 Å². The van der Waals surface area contributed by atoms with Crippen LogP contribution in [0.2, 0.25) is 0 Å². The van der Waals surface area contributed by atoms with Crippen LogP contribution in [-0.2, 0) is 20.9 Å². The van der Waals surface area contributed by atoms with E-state index in [2.05, 4.69) is 0 Å². The van der Waals surface area contributed by atoms with Gasteiger partial charge < -0.3 is 9.47 Å². The van der Waals surface area contributed by atoms with Crippen molar-refractivity contribution in [3.05, 3.63) is 65.7 Å². The number of aryl methyl sites for hydroxylation is 1. The molecule has 0 saturated heterocycles. The Bertz CT molecular complexity index is 709. The number of ether oxygens (including phenoxy) is 2. The summed E-state index contributed by atoms with van der Waals surface area (Å²) in [5.74, 6) is -0.417. The topological polar surface area (TPSA) is 52.6 Å². The molecule has 1 unspecified atom stereocenters. The van der Waals surface area contributed by atoms with Gasteiger partial charge in [-0.1, -0.05) is 48.5 Å². The summed E-state index contributed by atoms with van der Waals surface area (Å²) in [6.07, 6.45) is 2.00. The van der Waals surface area contributed by atoms with Gasteiger partial charge in [-0.2, -0.15) is 0 Å². The zero-order chi connectivity index (χ0) is 18.8. The molecule has 0 aliphatic carbocycles. The first-order valence-corrected chi connectivity index (χ1v) is 8.97. The average molecular weight is 354 g/mol. The quantitative estimate of drug-likeness (QED) is 0.358. The van der Waals surface area contributed by atoms with Crippen LogP contribution in [0.5, 0.6) is 5.75 Å². The lowest BCUT2D eigenvalue weighted by molar-refractivity contribution is -0.153. The normalized spacial score (nSPS) is 11.6. The highest BCUT2D eigenvalue weighted by atomic mass is 16.5. The first-order valence-electron chi connectivity index (χ1n) is 8.97. The van der Waals surface area contributed by atoms with Crippen LogP contribution in [0.4, 0.5) is 0 Å². The van der Waals surface area contributed by atoms with E-state index in [9.17, 15) is 9.59 Å². The third-order valence-corrected chi connectivity index (χ3v) is 4.24. The number of unbranched alkanes of at least 4 members (excludes halogenated alkanes) is 1. The number of ketones is 1. The smallest absolute Gasteiger partial charge is 0.316 e. The van der Waals surface area contributed by atoms with E-state index in [4.69, 9.17) is 9.47 Å². The highest BCUT2D eigenvalue weighted by Gasteiger charge is 2.24. The molecule has 0 aliphatic heterocycles. The van der Waals surface area contributed by atoms with Crippen LogP contribution in [0.1, 0.15) is 37.3 Å². The van der Waals surface area contributed by atoms with Crippen molar-refractivity contribution in [1.29, 1.82) is 0 Å². The molecule has 2 aromatic carbocycles. The number of benzene rings is 2. The molecule has 0 aromatic heterocycles. The molecule has 0 amide bonds. The zero-order valence-electron chi connectivity index (χ0n) is 15.4. The molecule has 0 saturated carbocycles. The molecule has 0 fully saturated rings. The summed E-state index contributed by atoms with van der Waals surface area (Å²) in [6, 6.07) is 17.3. The third kappa shape index (κ3) is 6.36. The van der Waals surface area contributed by atoms with E-state index < -0.39 is 11.9 Å². The number of rotatable bonds is 10. The minimum atomic E-state index is -0.697. The molecule has 4 heteroatoms. The summed E-state index contributed by atoms with van der Waals surface area (Å²) >= 11 is 0. The molecule has 0 bridgehead atoms. The van der Waals surface area contributed by atoms with Gasteiger partial charge in [-0.15, -0.1) is 0 Å². The van der Waals surface area contributed by atoms with Crippen LogP contribution in [-0.4, -0.2) is 18.4 Å². The maximum Gasteiger partial charge on any atom is 0.316 e. The monoisotopic (exact) mass is 354 g/mol. The number of hydrogen-bond donors (Lipinski definition) is 0. The average Bonchev–Trinajstić information content (AvgIpc) is 2.64. The first-order chi connectivity index (χ1) is 12.6. The number of esters is 1. The minimum Gasteiger partial charge on any atom is -0.493 e. The summed E-state index contributed by atoms with van der Waals surface area (Å²) < 4.78 is 11.0. The van der Waals surface area contributed by atoms with Gasteiger partial charge in [-0.05, 0) is 50.3 Å². The second-order valence-electron chi connectivity index (χ2n) is 6.37. The molecule has 4 nitrogen and oxygen atoms in total. The maximum absolute atomic E-state index is 12.2. The lowest BCUT2D eigenvalue weighted by Gasteiger charge is -2.14. The standard InChI is InChI=1S/C22H26O4/c1-17-10-6-7-14-21(17)25-15-9-8-13-20(18(2)23)22(24)26-16-19-11-4-3-5-12-19/h3-7,10-12,14,20H,8-9,13,15-16H2,1-2H3. The highest BCUT2D eigenvalue weighted by Crippen LogP contribution is 2.18. The Labute approximate surface area is 155 Å². The van der Waals surface area contributed by atoms with E-state index >= 15 is 0 Å². The molecular weight excluding hydrogens is 328 g/mol. The molecule has 0 radical (unpaired) electrons. The fraction of sp³-hybridized carbons (Fsp3) is 0.364. The van der Waals surface area contributed by atoms with Crippen molar-refractivity contribution in [2.45, 2.75) is 39.7 Å². The SMILES string of the molecule is CC(=O)C(CCCCOc1ccccc1C)C(=O)OCc1ccccc1. The fourth-order valence-corrected chi connectivity index (χ4v) is 2.67. The second-order valence-corrected chi connectivity index (χ2v) is 6.37. The largest absolute Gasteiger partial charge is 0.493 e. The van der Waals surface area contributed by atoms with Gasteiger partial charge in [0, 0.05) is 0 Å². The summed E-state index contributed by atoms with van der Waals surface area (Å²) in [7, 11) is 0. The summed E-state index contributed by atoms with van der Waals surface area (Å²) in [5.41, 5.74) is 2.01. The zero-order valence-corrected chi connectivity index (χ0v) is 15.4. The lowest BCUT2D eigenvalue weighted by atomic mass is 9.98. The van der Waals surface area contributed by atoms with Crippen LogP contribution in [0, 0.1) is 12.8 Å². The van der Waals surface area contributed by atoms with E-state index in [1.54, 1.807) is 0 Å². The van der Waals surface area contributed by atoms with Crippen LogP contribution >= 0.6 is 0 Å². The van der Waals surface area contributed by atoms with Crippen molar-refractivity contribution >= 4 is 11.8 Å². The molecule has 0 aliphatic rings. The number of para-hydroxylation sites is 1. The summed E-state index contributed by atoms with van der Waals surface area (Å²) in [5, 5.41) is 0. The Kier molecular flexibility index (Phi) is 7.87. The van der Waals surface area contributed by atoms with E-state index in [1.165, 1.54) is 6.92 Å². The first kappa shape index (κ1) is 19.7. The number of Topliss-reactive ketones (excluding diaryl/α,β-unsaturated/α-hetero) is 1.